The van der Waals surface area contributed by atoms with E-state index in [1.54, 1.807) is 32.0 Å². The zero-order valence-corrected chi connectivity index (χ0v) is 14.2. The van der Waals surface area contributed by atoms with Crippen molar-refractivity contribution in [2.24, 2.45) is 0 Å². The second kappa shape index (κ2) is 7.09. The third-order valence-electron chi connectivity index (χ3n) is 3.84. The average Bonchev–Trinajstić information content (AvgIpc) is 2.54. The van der Waals surface area contributed by atoms with Crippen molar-refractivity contribution < 1.29 is 9.53 Å². The van der Waals surface area contributed by atoms with Crippen LogP contribution in [-0.2, 0) is 6.54 Å². The monoisotopic (exact) mass is 325 g/mol. The SMILES string of the molecule is CCOc1ccc(C(C)=O)cc1Cn1nc(C)c(C)c(C#N)c1=O. The zero-order chi connectivity index (χ0) is 17.9. The Kier molecular flexibility index (Phi) is 5.14. The van der Waals surface area contributed by atoms with E-state index in [-0.39, 0.29) is 17.9 Å². The Labute approximate surface area is 140 Å². The fourth-order valence-corrected chi connectivity index (χ4v) is 2.39. The van der Waals surface area contributed by atoms with Crippen LogP contribution in [0, 0.1) is 25.2 Å². The molecule has 0 amide bonds. The van der Waals surface area contributed by atoms with Crippen LogP contribution in [0.5, 0.6) is 5.75 Å². The first-order valence-electron chi connectivity index (χ1n) is 7.64. The molecule has 0 bridgehead atoms. The number of benzene rings is 1. The van der Waals surface area contributed by atoms with Gasteiger partial charge < -0.3 is 4.74 Å². The summed E-state index contributed by atoms with van der Waals surface area (Å²) in [6.45, 7) is 7.39. The normalized spacial score (nSPS) is 10.3. The molecule has 0 unspecified atom stereocenters. The number of Topliss-reactive ketones (excluding diaryl/α,β-unsaturated/α-hetero) is 1. The summed E-state index contributed by atoms with van der Waals surface area (Å²) in [5.74, 6) is 0.519. The molecule has 0 aliphatic heterocycles. The second-order valence-electron chi connectivity index (χ2n) is 5.47. The van der Waals surface area contributed by atoms with Crippen LogP contribution < -0.4 is 10.3 Å². The molecule has 124 valence electrons. The number of rotatable bonds is 5. The summed E-state index contributed by atoms with van der Waals surface area (Å²) in [7, 11) is 0. The highest BCUT2D eigenvalue weighted by Crippen LogP contribution is 2.21. The highest BCUT2D eigenvalue weighted by atomic mass is 16.5. The van der Waals surface area contributed by atoms with E-state index in [0.717, 1.165) is 0 Å². The van der Waals surface area contributed by atoms with Gasteiger partial charge in [0.15, 0.2) is 5.78 Å². The number of aryl methyl sites for hydroxylation is 1. The van der Waals surface area contributed by atoms with Crippen LogP contribution >= 0.6 is 0 Å². The van der Waals surface area contributed by atoms with Gasteiger partial charge in [-0.1, -0.05) is 0 Å². The first-order chi connectivity index (χ1) is 11.4. The molecule has 2 rings (SSSR count). The highest BCUT2D eigenvalue weighted by molar-refractivity contribution is 5.94. The molecule has 1 aromatic heterocycles. The predicted molar refractivity (Wildman–Crippen MR) is 89.4 cm³/mol. The van der Waals surface area contributed by atoms with Crippen molar-refractivity contribution in [2.75, 3.05) is 6.61 Å². The van der Waals surface area contributed by atoms with Crippen molar-refractivity contribution in [3.63, 3.8) is 0 Å². The van der Waals surface area contributed by atoms with Crippen molar-refractivity contribution in [1.29, 1.82) is 5.26 Å². The maximum Gasteiger partial charge on any atom is 0.285 e. The molecule has 0 atom stereocenters. The van der Waals surface area contributed by atoms with Crippen LogP contribution in [0.4, 0.5) is 0 Å². The third-order valence-corrected chi connectivity index (χ3v) is 3.84. The minimum absolute atomic E-state index is 0.0718. The predicted octanol–water partition coefficient (Wildman–Crippen LogP) is 2.38. The van der Waals surface area contributed by atoms with Gasteiger partial charge in [-0.05, 0) is 51.5 Å². The fraction of sp³-hybridized carbons (Fsp3) is 0.333. The summed E-state index contributed by atoms with van der Waals surface area (Å²) in [6, 6.07) is 7.04. The molecule has 24 heavy (non-hydrogen) atoms. The van der Waals surface area contributed by atoms with Gasteiger partial charge in [0.25, 0.3) is 5.56 Å². The average molecular weight is 325 g/mol. The molecule has 0 spiro atoms. The van der Waals surface area contributed by atoms with Gasteiger partial charge in [0.2, 0.25) is 0 Å². The van der Waals surface area contributed by atoms with E-state index in [0.29, 0.717) is 34.7 Å². The summed E-state index contributed by atoms with van der Waals surface area (Å²) in [6.07, 6.45) is 0. The molecule has 6 heteroatoms. The Morgan fingerprint density at radius 2 is 2.08 bits per heavy atom. The van der Waals surface area contributed by atoms with E-state index < -0.39 is 5.56 Å². The van der Waals surface area contributed by atoms with Crippen LogP contribution in [-0.4, -0.2) is 22.2 Å². The maximum atomic E-state index is 12.4. The molecule has 0 radical (unpaired) electrons. The Hall–Kier alpha value is -2.94. The van der Waals surface area contributed by atoms with E-state index >= 15 is 0 Å². The number of ketones is 1. The molecular weight excluding hydrogens is 306 g/mol. The molecule has 1 aromatic carbocycles. The number of ether oxygens (including phenoxy) is 1. The molecule has 0 aliphatic carbocycles. The van der Waals surface area contributed by atoms with Crippen molar-refractivity contribution in [1.82, 2.24) is 9.78 Å². The minimum atomic E-state index is -0.448. The number of carbonyl (C=O) groups is 1. The standard InChI is InChI=1S/C18H19N3O3/c1-5-24-17-7-6-14(13(4)22)8-15(17)10-21-18(23)16(9-19)11(2)12(3)20-21/h6-8H,5,10H2,1-4H3. The Bertz CT molecular complexity index is 892. The number of hydrogen-bond acceptors (Lipinski definition) is 5. The molecule has 0 aliphatic rings. The molecule has 6 nitrogen and oxygen atoms in total. The largest absolute Gasteiger partial charge is 0.494 e. The summed E-state index contributed by atoms with van der Waals surface area (Å²) in [5.41, 5.74) is 2.05. The quantitative estimate of drug-likeness (QED) is 0.788. The highest BCUT2D eigenvalue weighted by Gasteiger charge is 2.14. The number of nitriles is 1. The second-order valence-corrected chi connectivity index (χ2v) is 5.47. The Morgan fingerprint density at radius 1 is 1.38 bits per heavy atom. The van der Waals surface area contributed by atoms with Crippen molar-refractivity contribution in [2.45, 2.75) is 34.2 Å². The molecule has 0 N–H and O–H groups in total. The first kappa shape index (κ1) is 17.4. The van der Waals surface area contributed by atoms with Crippen LogP contribution in [0.15, 0.2) is 23.0 Å². The van der Waals surface area contributed by atoms with Crippen LogP contribution in [0.25, 0.3) is 0 Å². The summed E-state index contributed by atoms with van der Waals surface area (Å²) >= 11 is 0. The number of nitrogens with zero attached hydrogens (tertiary/aromatic N) is 3. The van der Waals surface area contributed by atoms with E-state index in [9.17, 15) is 14.9 Å². The number of hydrogen-bond donors (Lipinski definition) is 0. The van der Waals surface area contributed by atoms with Gasteiger partial charge in [0.05, 0.1) is 18.8 Å². The van der Waals surface area contributed by atoms with Gasteiger partial charge in [-0.3, -0.25) is 9.59 Å². The van der Waals surface area contributed by atoms with Gasteiger partial charge in [-0.15, -0.1) is 0 Å². The summed E-state index contributed by atoms with van der Waals surface area (Å²) in [4.78, 5) is 24.1. The summed E-state index contributed by atoms with van der Waals surface area (Å²) in [5, 5.41) is 13.5. The first-order valence-corrected chi connectivity index (χ1v) is 7.64. The third kappa shape index (κ3) is 3.35. The lowest BCUT2D eigenvalue weighted by Crippen LogP contribution is -2.28. The van der Waals surface area contributed by atoms with Crippen LogP contribution in [0.3, 0.4) is 0 Å². The molecule has 0 saturated carbocycles. The Morgan fingerprint density at radius 3 is 2.67 bits per heavy atom. The summed E-state index contributed by atoms with van der Waals surface area (Å²) < 4.78 is 6.81. The van der Waals surface area contributed by atoms with Crippen molar-refractivity contribution in [3.8, 4) is 11.8 Å². The zero-order valence-electron chi connectivity index (χ0n) is 14.2. The van der Waals surface area contributed by atoms with Crippen molar-refractivity contribution in [3.05, 3.63) is 56.5 Å². The van der Waals surface area contributed by atoms with Crippen LogP contribution in [0.2, 0.25) is 0 Å². The fourth-order valence-electron chi connectivity index (χ4n) is 2.39. The molecule has 1 heterocycles. The topological polar surface area (TPSA) is 85.0 Å². The van der Waals surface area contributed by atoms with Gasteiger partial charge in [-0.25, -0.2) is 4.68 Å². The maximum absolute atomic E-state index is 12.4. The van der Waals surface area contributed by atoms with Gasteiger partial charge >= 0.3 is 0 Å². The Balaban J connectivity index is 2.57. The smallest absolute Gasteiger partial charge is 0.285 e. The van der Waals surface area contributed by atoms with E-state index in [4.69, 9.17) is 4.74 Å². The molecule has 0 saturated heterocycles. The van der Waals surface area contributed by atoms with E-state index in [2.05, 4.69) is 5.10 Å². The molecule has 2 aromatic rings. The van der Waals surface area contributed by atoms with Gasteiger partial charge in [0, 0.05) is 11.1 Å². The minimum Gasteiger partial charge on any atom is -0.494 e. The number of carbonyl (C=O) groups excluding carboxylic acids is 1. The van der Waals surface area contributed by atoms with E-state index in [1.807, 2.05) is 13.0 Å². The van der Waals surface area contributed by atoms with Crippen LogP contribution in [0.1, 0.15) is 46.6 Å². The van der Waals surface area contributed by atoms with Gasteiger partial charge in [-0.2, -0.15) is 10.4 Å². The van der Waals surface area contributed by atoms with Crippen molar-refractivity contribution >= 4 is 5.78 Å². The lowest BCUT2D eigenvalue weighted by atomic mass is 10.1. The number of aromatic nitrogens is 2. The molecular formula is C18H19N3O3. The lowest BCUT2D eigenvalue weighted by Gasteiger charge is -2.13. The molecule has 0 fully saturated rings. The van der Waals surface area contributed by atoms with Gasteiger partial charge in [0.1, 0.15) is 17.4 Å². The van der Waals surface area contributed by atoms with E-state index in [1.165, 1.54) is 11.6 Å². The lowest BCUT2D eigenvalue weighted by molar-refractivity contribution is 0.101.